The molecule has 6 nitrogen and oxygen atoms in total. The number of thiol groups is 2. The number of aliphatic carboxylic acids is 2. The van der Waals surface area contributed by atoms with E-state index in [0.717, 1.165) is 0 Å². The minimum atomic E-state index is -1.29. The van der Waals surface area contributed by atoms with E-state index in [9.17, 15) is 19.8 Å². The van der Waals surface area contributed by atoms with Crippen molar-refractivity contribution in [3.05, 3.63) is 0 Å². The van der Waals surface area contributed by atoms with Crippen LogP contribution < -0.4 is 21.7 Å². The van der Waals surface area contributed by atoms with Crippen LogP contribution in [0.4, 0.5) is 0 Å². The first kappa shape index (κ1) is 22.3. The molecule has 9 heteroatoms. The van der Waals surface area contributed by atoms with Crippen molar-refractivity contribution >= 4 is 37.2 Å². The third kappa shape index (κ3) is 9.75. The van der Waals surface area contributed by atoms with Crippen LogP contribution in [0.1, 0.15) is 13.8 Å². The van der Waals surface area contributed by atoms with Gasteiger partial charge >= 0.3 is 17.1 Å². The summed E-state index contributed by atoms with van der Waals surface area (Å²) < 4.78 is 0. The predicted molar refractivity (Wildman–Crippen MR) is 62.9 cm³/mol. The Balaban J connectivity index is -0.000000218. The van der Waals surface area contributed by atoms with Gasteiger partial charge in [-0.05, 0) is 13.8 Å². The number of nitrogens with two attached hydrogens (primary N) is 2. The van der Waals surface area contributed by atoms with Crippen LogP contribution in [-0.2, 0) is 26.7 Å². The van der Waals surface area contributed by atoms with E-state index >= 15 is 0 Å². The molecule has 0 bridgehead atoms. The van der Waals surface area contributed by atoms with Gasteiger partial charge in [-0.25, -0.2) is 0 Å². The van der Waals surface area contributed by atoms with Crippen molar-refractivity contribution in [1.29, 1.82) is 0 Å². The van der Waals surface area contributed by atoms with Crippen molar-refractivity contribution in [2.45, 2.75) is 24.9 Å². The van der Waals surface area contributed by atoms with E-state index in [1.54, 1.807) is 0 Å². The quantitative estimate of drug-likeness (QED) is 0.316. The molecule has 105 valence electrons. The summed E-state index contributed by atoms with van der Waals surface area (Å²) in [6, 6.07) is 0. The Morgan fingerprint density at radius 3 is 1.18 bits per heavy atom. The molecule has 0 aromatic carbocycles. The summed E-state index contributed by atoms with van der Waals surface area (Å²) in [6.45, 7) is 2.71. The Kier molecular flexibility index (Phi) is 11.9. The van der Waals surface area contributed by atoms with E-state index in [2.05, 4.69) is 25.3 Å². The fourth-order valence-corrected chi connectivity index (χ4v) is 0.387. The molecule has 0 aromatic rings. The van der Waals surface area contributed by atoms with Crippen LogP contribution in [0, 0.1) is 0 Å². The van der Waals surface area contributed by atoms with Gasteiger partial charge in [0.1, 0.15) is 0 Å². The number of carbonyl (C=O) groups is 2. The molecule has 0 aliphatic heterocycles. The topological polar surface area (TPSA) is 132 Å². The van der Waals surface area contributed by atoms with Gasteiger partial charge in [0.25, 0.3) is 0 Å². The second-order valence-corrected chi connectivity index (χ2v) is 4.36. The van der Waals surface area contributed by atoms with Gasteiger partial charge in [0.15, 0.2) is 0 Å². The first-order chi connectivity index (χ1) is 7.01. The summed E-state index contributed by atoms with van der Waals surface area (Å²) in [6.07, 6.45) is 0. The van der Waals surface area contributed by atoms with Crippen LogP contribution in [-0.4, -0.2) is 34.5 Å². The van der Waals surface area contributed by atoms with Crippen LogP contribution in [0.5, 0.6) is 0 Å². The predicted octanol–water partition coefficient (Wildman–Crippen LogP) is -3.24. The summed E-state index contributed by atoms with van der Waals surface area (Å²) in [5, 5.41) is 19.9. The minimum absolute atomic E-state index is 0. The van der Waals surface area contributed by atoms with E-state index in [-0.39, 0.29) is 28.6 Å². The molecule has 0 unspecified atom stereocenters. The molecule has 2 atom stereocenters. The SMILES string of the molecule is C[C@](N)(CS)C(=O)[O-].C[C@](N)(CS)C(=O)[O-].[Cu+2]. The van der Waals surface area contributed by atoms with Gasteiger partial charge in [-0.15, -0.1) is 0 Å². The monoisotopic (exact) mass is 331 g/mol. The van der Waals surface area contributed by atoms with Gasteiger partial charge < -0.3 is 31.3 Å². The molecule has 0 aliphatic rings. The first-order valence-corrected chi connectivity index (χ1v) is 5.50. The van der Waals surface area contributed by atoms with Crippen molar-refractivity contribution in [2.75, 3.05) is 11.5 Å². The van der Waals surface area contributed by atoms with Crippen molar-refractivity contribution in [2.24, 2.45) is 11.5 Å². The zero-order chi connectivity index (χ0) is 13.6. The van der Waals surface area contributed by atoms with Gasteiger partial charge in [0.05, 0.1) is 23.0 Å². The van der Waals surface area contributed by atoms with Crippen LogP contribution in [0.3, 0.4) is 0 Å². The molecule has 0 rings (SSSR count). The van der Waals surface area contributed by atoms with Gasteiger partial charge in [0.2, 0.25) is 0 Å². The third-order valence-electron chi connectivity index (χ3n) is 1.59. The Morgan fingerprint density at radius 1 is 1.00 bits per heavy atom. The number of carbonyl (C=O) groups excluding carboxylic acids is 2. The van der Waals surface area contributed by atoms with E-state index in [4.69, 9.17) is 11.5 Å². The summed E-state index contributed by atoms with van der Waals surface area (Å²) >= 11 is 7.39. The summed E-state index contributed by atoms with van der Waals surface area (Å²) in [5.41, 5.74) is 7.66. The molecule has 4 N–H and O–H groups in total. The maximum atomic E-state index is 9.97. The van der Waals surface area contributed by atoms with Crippen LogP contribution in [0.15, 0.2) is 0 Å². The second-order valence-electron chi connectivity index (χ2n) is 3.73. The third-order valence-corrected chi connectivity index (χ3v) is 2.90. The van der Waals surface area contributed by atoms with Crippen molar-refractivity contribution < 1.29 is 36.9 Å². The molecule has 17 heavy (non-hydrogen) atoms. The molecule has 0 spiro atoms. The number of hydrogen-bond donors (Lipinski definition) is 4. The van der Waals surface area contributed by atoms with Crippen LogP contribution in [0.2, 0.25) is 0 Å². The zero-order valence-corrected chi connectivity index (χ0v) is 12.1. The average molecular weight is 332 g/mol. The van der Waals surface area contributed by atoms with Gasteiger partial charge in [0, 0.05) is 11.5 Å². The zero-order valence-electron chi connectivity index (χ0n) is 9.40. The molecule has 0 saturated carbocycles. The number of hydrogen-bond acceptors (Lipinski definition) is 8. The van der Waals surface area contributed by atoms with E-state index in [0.29, 0.717) is 0 Å². The Labute approximate surface area is 122 Å². The summed E-state index contributed by atoms with van der Waals surface area (Å²) in [4.78, 5) is 19.9. The molecule has 0 aromatic heterocycles. The van der Waals surface area contributed by atoms with Gasteiger partial charge in [-0.3, -0.25) is 0 Å². The maximum absolute atomic E-state index is 9.97. The van der Waals surface area contributed by atoms with Gasteiger partial charge in [-0.2, -0.15) is 25.3 Å². The molecule has 0 aliphatic carbocycles. The fraction of sp³-hybridized carbons (Fsp3) is 0.750. The normalized spacial score (nSPS) is 16.4. The number of rotatable bonds is 4. The molecular weight excluding hydrogens is 316 g/mol. The smallest absolute Gasteiger partial charge is 0.548 e. The standard InChI is InChI=1S/2C4H9NO2S.Cu/c2*1-4(5,2-8)3(6)7;/h2*8H,2,5H2,1H3,(H,6,7);/q;;+2/p-2/t2*4-;/m00./s1. The molecule has 0 saturated heterocycles. The first-order valence-electron chi connectivity index (χ1n) is 4.23. The van der Waals surface area contributed by atoms with Crippen LogP contribution in [0.25, 0.3) is 0 Å². The number of carboxylic acids is 2. The Morgan fingerprint density at radius 2 is 1.18 bits per heavy atom. The Hall–Kier alpha value is 0.0795. The van der Waals surface area contributed by atoms with E-state index in [1.165, 1.54) is 13.8 Å². The van der Waals surface area contributed by atoms with E-state index in [1.807, 2.05) is 0 Å². The van der Waals surface area contributed by atoms with Crippen molar-refractivity contribution in [1.82, 2.24) is 0 Å². The average Bonchev–Trinajstić information content (AvgIpc) is 2.18. The Bertz CT molecular complexity index is 236. The number of carboxylic acid groups (broad SMARTS) is 2. The summed E-state index contributed by atoms with van der Waals surface area (Å²) in [5.74, 6) is -2.36. The second kappa shape index (κ2) is 9.07. The molecule has 1 radical (unpaired) electrons. The minimum Gasteiger partial charge on any atom is -0.548 e. The van der Waals surface area contributed by atoms with Crippen molar-refractivity contribution in [3.8, 4) is 0 Å². The molecule has 0 fully saturated rings. The fourth-order valence-electron chi connectivity index (χ4n) is 0.129. The van der Waals surface area contributed by atoms with Crippen molar-refractivity contribution in [3.63, 3.8) is 0 Å². The molecule has 0 amide bonds. The largest absolute Gasteiger partial charge is 2.00 e. The van der Waals surface area contributed by atoms with Gasteiger partial charge in [-0.1, -0.05) is 0 Å². The molecule has 0 heterocycles. The molecular formula is C8H16CuN2O4S2. The van der Waals surface area contributed by atoms with E-state index < -0.39 is 23.0 Å². The summed E-state index contributed by atoms with van der Waals surface area (Å²) in [7, 11) is 0. The van der Waals surface area contributed by atoms with Crippen LogP contribution >= 0.6 is 25.3 Å². The maximum Gasteiger partial charge on any atom is 2.00 e.